The first-order valence-electron chi connectivity index (χ1n) is 19.2. The van der Waals surface area contributed by atoms with Gasteiger partial charge >= 0.3 is 0 Å². The first-order valence-corrected chi connectivity index (χ1v) is 19.2. The van der Waals surface area contributed by atoms with Crippen molar-refractivity contribution in [3.8, 4) is 0 Å². The molecule has 8 heteroatoms. The van der Waals surface area contributed by atoms with Crippen molar-refractivity contribution < 1.29 is 28.7 Å². The largest absolute Gasteiger partial charge is 0.361 e. The molecule has 53 heavy (non-hydrogen) atoms. The molecule has 2 N–H and O–H groups in total. The van der Waals surface area contributed by atoms with Gasteiger partial charge in [-0.2, -0.15) is 0 Å². The molecule has 0 spiro atoms. The zero-order valence-electron chi connectivity index (χ0n) is 32.4. The summed E-state index contributed by atoms with van der Waals surface area (Å²) < 4.78 is 5.43. The lowest BCUT2D eigenvalue weighted by molar-refractivity contribution is -0.135. The average molecular weight is 723 g/mol. The van der Waals surface area contributed by atoms with Crippen molar-refractivity contribution in [3.05, 3.63) is 107 Å². The number of Topliss-reactive ketones (excluding diaryl/α,β-unsaturated/α-hetero) is 3. The minimum atomic E-state index is -0.900. The van der Waals surface area contributed by atoms with Crippen molar-refractivity contribution >= 4 is 29.2 Å². The van der Waals surface area contributed by atoms with E-state index in [1.165, 1.54) is 0 Å². The predicted octanol–water partition coefficient (Wildman–Crippen LogP) is 6.98. The Morgan fingerprint density at radius 3 is 1.77 bits per heavy atom. The molecule has 0 aliphatic carbocycles. The average Bonchev–Trinajstić information content (AvgIpc) is 3.88. The molecular weight excluding hydrogens is 665 g/mol. The highest BCUT2D eigenvalue weighted by Crippen LogP contribution is 2.30. The third kappa shape index (κ3) is 13.5. The van der Waals surface area contributed by atoms with Crippen molar-refractivity contribution in [1.82, 2.24) is 10.6 Å². The summed E-state index contributed by atoms with van der Waals surface area (Å²) in [7, 11) is 0. The minimum absolute atomic E-state index is 0.0376. The third-order valence-corrected chi connectivity index (χ3v) is 9.99. The molecule has 1 unspecified atom stereocenters. The fourth-order valence-corrected chi connectivity index (χ4v) is 6.78. The molecule has 1 saturated heterocycles. The van der Waals surface area contributed by atoms with E-state index in [9.17, 15) is 24.0 Å². The molecule has 0 radical (unpaired) electrons. The number of hydrogen-bond donors (Lipinski definition) is 2. The van der Waals surface area contributed by atoms with Crippen LogP contribution in [0.2, 0.25) is 0 Å². The molecule has 2 amide bonds. The van der Waals surface area contributed by atoms with Crippen LogP contribution in [-0.2, 0) is 48.0 Å². The van der Waals surface area contributed by atoms with Crippen LogP contribution in [0.3, 0.4) is 0 Å². The Kier molecular flexibility index (Phi) is 15.3. The standard InChI is InChI=1S/C45H58N2O6/c1-30(2)23-39(46-43(51)36(22-21-33-13-9-7-10-14-33)27-38(48)26-35-19-17-32(5)18-20-35)41(49)28-37(25-34-15-11-8-12-16-34)44(52)47-40(24-31(3)4)42(50)45(6)29-53-45/h7-20,30-31,36-37,39-40H,21-29H2,1-6H3,(H,46,51)(H,47,52)/t36?,37-,39+,40+,45-/m1/s1. The normalized spacial score (nSPS) is 17.4. The van der Waals surface area contributed by atoms with E-state index < -0.39 is 29.5 Å². The quantitative estimate of drug-likeness (QED) is 0.108. The zero-order chi connectivity index (χ0) is 38.5. The summed E-state index contributed by atoms with van der Waals surface area (Å²) in [5, 5.41) is 6.03. The smallest absolute Gasteiger partial charge is 0.224 e. The van der Waals surface area contributed by atoms with Crippen molar-refractivity contribution in [2.24, 2.45) is 23.7 Å². The lowest BCUT2D eigenvalue weighted by Gasteiger charge is -2.27. The van der Waals surface area contributed by atoms with Crippen molar-refractivity contribution in [2.75, 3.05) is 6.61 Å². The molecule has 3 aromatic carbocycles. The van der Waals surface area contributed by atoms with Crippen LogP contribution in [0.15, 0.2) is 84.9 Å². The molecule has 3 aromatic rings. The number of aryl methyl sites for hydroxylation is 2. The number of benzene rings is 3. The van der Waals surface area contributed by atoms with E-state index in [0.717, 1.165) is 22.3 Å². The Hall–Kier alpha value is -4.43. The Morgan fingerprint density at radius 1 is 0.679 bits per heavy atom. The second-order valence-corrected chi connectivity index (χ2v) is 15.9. The molecule has 1 aliphatic heterocycles. The van der Waals surface area contributed by atoms with Gasteiger partial charge in [-0.25, -0.2) is 0 Å². The second kappa shape index (κ2) is 19.6. The molecular formula is C45H58N2O6. The van der Waals surface area contributed by atoms with Gasteiger partial charge in [0, 0.05) is 31.1 Å². The highest BCUT2D eigenvalue weighted by molar-refractivity contribution is 5.98. The molecule has 4 rings (SSSR count). The first-order chi connectivity index (χ1) is 25.2. The molecule has 1 fully saturated rings. The Bertz CT molecular complexity index is 1660. The van der Waals surface area contributed by atoms with Gasteiger partial charge in [-0.15, -0.1) is 0 Å². The van der Waals surface area contributed by atoms with E-state index in [2.05, 4.69) is 10.6 Å². The van der Waals surface area contributed by atoms with E-state index in [4.69, 9.17) is 4.74 Å². The van der Waals surface area contributed by atoms with Crippen LogP contribution in [-0.4, -0.2) is 53.5 Å². The van der Waals surface area contributed by atoms with Gasteiger partial charge in [0.1, 0.15) is 11.4 Å². The second-order valence-electron chi connectivity index (χ2n) is 15.9. The van der Waals surface area contributed by atoms with Gasteiger partial charge in [-0.05, 0) is 74.5 Å². The van der Waals surface area contributed by atoms with E-state index in [-0.39, 0.29) is 60.3 Å². The van der Waals surface area contributed by atoms with Crippen LogP contribution >= 0.6 is 0 Å². The topological polar surface area (TPSA) is 122 Å². The number of rotatable bonds is 22. The van der Waals surface area contributed by atoms with E-state index in [1.54, 1.807) is 6.92 Å². The number of amides is 2. The molecule has 0 saturated carbocycles. The molecule has 0 bridgehead atoms. The van der Waals surface area contributed by atoms with Crippen LogP contribution in [0.5, 0.6) is 0 Å². The number of epoxide rings is 1. The summed E-state index contributed by atoms with van der Waals surface area (Å²) in [5.41, 5.74) is 3.06. The molecule has 1 aliphatic rings. The van der Waals surface area contributed by atoms with Crippen molar-refractivity contribution in [1.29, 1.82) is 0 Å². The number of hydrogen-bond acceptors (Lipinski definition) is 6. The van der Waals surface area contributed by atoms with E-state index in [1.807, 2.05) is 120 Å². The maximum Gasteiger partial charge on any atom is 0.224 e. The molecule has 5 atom stereocenters. The Morgan fingerprint density at radius 2 is 1.21 bits per heavy atom. The monoisotopic (exact) mass is 722 g/mol. The van der Waals surface area contributed by atoms with Crippen molar-refractivity contribution in [2.45, 2.75) is 111 Å². The maximum absolute atomic E-state index is 14.2. The number of nitrogens with one attached hydrogen (secondary N) is 2. The van der Waals surface area contributed by atoms with Gasteiger partial charge in [-0.1, -0.05) is 118 Å². The lowest BCUT2D eigenvalue weighted by Crippen LogP contribution is -2.50. The Labute approximate surface area is 315 Å². The number of ketones is 3. The van der Waals surface area contributed by atoms with Crippen LogP contribution in [0.1, 0.15) is 89.0 Å². The van der Waals surface area contributed by atoms with Gasteiger partial charge in [0.15, 0.2) is 11.6 Å². The van der Waals surface area contributed by atoms with E-state index >= 15 is 0 Å². The summed E-state index contributed by atoms with van der Waals surface area (Å²) in [6.45, 7) is 12.0. The summed E-state index contributed by atoms with van der Waals surface area (Å²) in [6, 6.07) is 25.6. The van der Waals surface area contributed by atoms with Gasteiger partial charge in [0.25, 0.3) is 0 Å². The van der Waals surface area contributed by atoms with Crippen LogP contribution < -0.4 is 10.6 Å². The zero-order valence-corrected chi connectivity index (χ0v) is 32.4. The summed E-state index contributed by atoms with van der Waals surface area (Å²) in [4.78, 5) is 69.1. The van der Waals surface area contributed by atoms with E-state index in [0.29, 0.717) is 38.7 Å². The highest BCUT2D eigenvalue weighted by Gasteiger charge is 2.50. The predicted molar refractivity (Wildman–Crippen MR) is 208 cm³/mol. The number of carbonyl (C=O) groups is 5. The minimum Gasteiger partial charge on any atom is -0.361 e. The van der Waals surface area contributed by atoms with Crippen LogP contribution in [0.4, 0.5) is 0 Å². The Balaban J connectivity index is 1.53. The molecule has 1 heterocycles. The van der Waals surface area contributed by atoms with Gasteiger partial charge in [-0.3, -0.25) is 24.0 Å². The van der Waals surface area contributed by atoms with Gasteiger partial charge < -0.3 is 15.4 Å². The van der Waals surface area contributed by atoms with Gasteiger partial charge in [0.2, 0.25) is 11.8 Å². The fourth-order valence-electron chi connectivity index (χ4n) is 6.78. The lowest BCUT2D eigenvalue weighted by atomic mass is 9.87. The molecule has 284 valence electrons. The van der Waals surface area contributed by atoms with Crippen molar-refractivity contribution in [3.63, 3.8) is 0 Å². The van der Waals surface area contributed by atoms with Gasteiger partial charge in [0.05, 0.1) is 18.7 Å². The third-order valence-electron chi connectivity index (χ3n) is 9.99. The van der Waals surface area contributed by atoms with Crippen LogP contribution in [0.25, 0.3) is 0 Å². The summed E-state index contributed by atoms with van der Waals surface area (Å²) >= 11 is 0. The molecule has 8 nitrogen and oxygen atoms in total. The summed E-state index contributed by atoms with van der Waals surface area (Å²) in [5.74, 6) is -2.33. The highest BCUT2D eigenvalue weighted by atomic mass is 16.6. The summed E-state index contributed by atoms with van der Waals surface area (Å²) in [6.07, 6.45) is 2.36. The number of ether oxygens (including phenoxy) is 1. The number of carbonyl (C=O) groups excluding carboxylic acids is 5. The van der Waals surface area contributed by atoms with Crippen LogP contribution in [0, 0.1) is 30.6 Å². The first kappa shape index (κ1) is 41.3. The fraction of sp³-hybridized carbons (Fsp3) is 0.489. The SMILES string of the molecule is Cc1ccc(CC(=O)CC(CCc2ccccc2)C(=O)N[C@@H](CC(C)C)C(=O)C[C@@H](Cc2ccccc2)C(=O)N[C@@H](CC(C)C)C(=O)[C@@]2(C)CO2)cc1. The molecule has 0 aromatic heterocycles. The maximum atomic E-state index is 14.2.